The molecule has 1 aliphatic rings. The summed E-state index contributed by atoms with van der Waals surface area (Å²) in [6.45, 7) is 0.284. The van der Waals surface area contributed by atoms with Crippen molar-refractivity contribution in [1.82, 2.24) is 5.32 Å². The molecule has 7 heteroatoms. The van der Waals surface area contributed by atoms with Crippen molar-refractivity contribution in [1.29, 1.82) is 0 Å². The van der Waals surface area contributed by atoms with Crippen molar-refractivity contribution < 1.29 is 27.5 Å². The van der Waals surface area contributed by atoms with E-state index in [0.29, 0.717) is 23.1 Å². The molecule has 1 amide bonds. The molecule has 1 atom stereocenters. The molecule has 0 aliphatic carbocycles. The van der Waals surface area contributed by atoms with Crippen LogP contribution in [-0.2, 0) is 22.1 Å². The van der Waals surface area contributed by atoms with Crippen LogP contribution in [0.2, 0.25) is 0 Å². The quantitative estimate of drug-likeness (QED) is 0.825. The molecule has 0 radical (unpaired) electrons. The van der Waals surface area contributed by atoms with Gasteiger partial charge in [0.15, 0.2) is 0 Å². The number of fused-ring (bicyclic) bond motifs is 1. The Kier molecular flexibility index (Phi) is 4.97. The smallest absolute Gasteiger partial charge is 0.416 e. The first-order chi connectivity index (χ1) is 12.3. The van der Waals surface area contributed by atoms with Gasteiger partial charge in [-0.3, -0.25) is 4.79 Å². The third kappa shape index (κ3) is 4.04. The lowest BCUT2D eigenvalue weighted by Gasteiger charge is -2.11. The predicted octanol–water partition coefficient (Wildman–Crippen LogP) is 3.67. The maximum absolute atomic E-state index is 12.5. The summed E-state index contributed by atoms with van der Waals surface area (Å²) in [4.78, 5) is 23.8. The highest BCUT2D eigenvalue weighted by Gasteiger charge is 2.32. The van der Waals surface area contributed by atoms with Crippen LogP contribution in [0.4, 0.5) is 13.2 Å². The summed E-state index contributed by atoms with van der Waals surface area (Å²) in [7, 11) is 0. The van der Waals surface area contributed by atoms with Crippen LogP contribution in [0.15, 0.2) is 48.5 Å². The molecule has 0 bridgehead atoms. The Morgan fingerprint density at radius 2 is 1.77 bits per heavy atom. The van der Waals surface area contributed by atoms with Gasteiger partial charge in [0, 0.05) is 12.1 Å². The van der Waals surface area contributed by atoms with E-state index >= 15 is 0 Å². The molecule has 3 rings (SSSR count). The number of benzene rings is 2. The third-order valence-corrected chi connectivity index (χ3v) is 4.16. The molecule has 1 aliphatic heterocycles. The minimum Gasteiger partial charge on any atom is -0.453 e. The van der Waals surface area contributed by atoms with Crippen molar-refractivity contribution >= 4 is 11.9 Å². The summed E-state index contributed by atoms with van der Waals surface area (Å²) in [6, 6.07) is 11.7. The van der Waals surface area contributed by atoms with Crippen molar-refractivity contribution in [3.63, 3.8) is 0 Å². The van der Waals surface area contributed by atoms with Gasteiger partial charge in [0.25, 0.3) is 0 Å². The fraction of sp³-hybridized carbons (Fsp3) is 0.263. The third-order valence-electron chi connectivity index (χ3n) is 4.16. The first kappa shape index (κ1) is 18.0. The number of hydrogen-bond donors (Lipinski definition) is 1. The zero-order chi connectivity index (χ0) is 18.7. The number of ether oxygens (including phenoxy) is 1. The Hall–Kier alpha value is -2.83. The van der Waals surface area contributed by atoms with E-state index in [2.05, 4.69) is 5.32 Å². The summed E-state index contributed by atoms with van der Waals surface area (Å²) in [6.07, 6.45) is -4.55. The Bertz CT molecular complexity index is 816. The van der Waals surface area contributed by atoms with Gasteiger partial charge in [-0.1, -0.05) is 30.3 Å². The Balaban J connectivity index is 1.49. The van der Waals surface area contributed by atoms with Crippen LogP contribution >= 0.6 is 0 Å². The number of halogens is 3. The molecule has 1 N–H and O–H groups in total. The molecule has 136 valence electrons. The van der Waals surface area contributed by atoms with E-state index in [1.807, 2.05) is 0 Å². The molecular formula is C19H16F3NO3. The Labute approximate surface area is 148 Å². The van der Waals surface area contributed by atoms with Crippen molar-refractivity contribution in [3.8, 4) is 0 Å². The average Bonchev–Trinajstić information content (AvgIpc) is 2.91. The van der Waals surface area contributed by atoms with Gasteiger partial charge in [0.1, 0.15) is 6.10 Å². The van der Waals surface area contributed by atoms with Crippen LogP contribution in [0.3, 0.4) is 0 Å². The number of alkyl halides is 3. The van der Waals surface area contributed by atoms with Crippen molar-refractivity contribution in [2.45, 2.75) is 25.1 Å². The van der Waals surface area contributed by atoms with Crippen LogP contribution in [0, 0.1) is 0 Å². The van der Waals surface area contributed by atoms with E-state index in [9.17, 15) is 22.8 Å². The molecule has 26 heavy (non-hydrogen) atoms. The van der Waals surface area contributed by atoms with Crippen molar-refractivity contribution in [3.05, 3.63) is 70.8 Å². The minimum atomic E-state index is -4.36. The summed E-state index contributed by atoms with van der Waals surface area (Å²) in [5.41, 5.74) is 1.15. The number of carbonyl (C=O) groups excluding carboxylic acids is 2. The van der Waals surface area contributed by atoms with Crippen molar-refractivity contribution in [2.24, 2.45) is 0 Å². The van der Waals surface area contributed by atoms with Gasteiger partial charge < -0.3 is 10.1 Å². The molecule has 1 unspecified atom stereocenters. The zero-order valence-corrected chi connectivity index (χ0v) is 13.7. The number of amides is 1. The fourth-order valence-electron chi connectivity index (χ4n) is 2.82. The number of cyclic esters (lactones) is 1. The van der Waals surface area contributed by atoms with Crippen LogP contribution in [0.1, 0.15) is 39.6 Å². The van der Waals surface area contributed by atoms with Crippen LogP contribution in [0.25, 0.3) is 0 Å². The summed E-state index contributed by atoms with van der Waals surface area (Å²) in [5.74, 6) is -0.727. The Morgan fingerprint density at radius 3 is 2.46 bits per heavy atom. The van der Waals surface area contributed by atoms with E-state index in [1.54, 1.807) is 24.3 Å². The van der Waals surface area contributed by atoms with Gasteiger partial charge >= 0.3 is 12.1 Å². The molecule has 0 spiro atoms. The second kappa shape index (κ2) is 7.19. The predicted molar refractivity (Wildman–Crippen MR) is 87.4 cm³/mol. The van der Waals surface area contributed by atoms with Gasteiger partial charge in [0.05, 0.1) is 17.5 Å². The van der Waals surface area contributed by atoms with Gasteiger partial charge in [-0.15, -0.1) is 0 Å². The second-order valence-corrected chi connectivity index (χ2v) is 5.98. The topological polar surface area (TPSA) is 55.4 Å². The molecule has 0 saturated carbocycles. The number of esters is 1. The van der Waals surface area contributed by atoms with E-state index in [-0.39, 0.29) is 18.9 Å². The SMILES string of the molecule is O=C(CC1OC(=O)c2ccccc21)NCCc1ccc(C(F)(F)F)cc1. The normalized spacial score (nSPS) is 16.1. The number of rotatable bonds is 5. The number of nitrogens with one attached hydrogen (secondary N) is 1. The van der Waals surface area contributed by atoms with E-state index in [1.165, 1.54) is 12.1 Å². The standard InChI is InChI=1S/C19H16F3NO3/c20-19(21,22)13-7-5-12(6-8-13)9-10-23-17(24)11-16-14-3-1-2-4-15(14)18(25)26-16/h1-8,16H,9-11H2,(H,23,24). The molecule has 1 heterocycles. The molecule has 4 nitrogen and oxygen atoms in total. The Morgan fingerprint density at radius 1 is 1.08 bits per heavy atom. The van der Waals surface area contributed by atoms with Gasteiger partial charge in [0.2, 0.25) is 5.91 Å². The fourth-order valence-corrected chi connectivity index (χ4v) is 2.82. The van der Waals surface area contributed by atoms with Crippen LogP contribution in [-0.4, -0.2) is 18.4 Å². The highest BCUT2D eigenvalue weighted by atomic mass is 19.4. The minimum absolute atomic E-state index is 0.00969. The molecule has 0 aromatic heterocycles. The lowest BCUT2D eigenvalue weighted by molar-refractivity contribution is -0.137. The average molecular weight is 363 g/mol. The van der Waals surface area contributed by atoms with E-state index in [4.69, 9.17) is 4.74 Å². The first-order valence-corrected chi connectivity index (χ1v) is 8.07. The van der Waals surface area contributed by atoms with Crippen molar-refractivity contribution in [2.75, 3.05) is 6.54 Å². The maximum atomic E-state index is 12.5. The molecule has 0 saturated heterocycles. The molecule has 2 aromatic carbocycles. The highest BCUT2D eigenvalue weighted by Crippen LogP contribution is 2.32. The molecule has 2 aromatic rings. The molecule has 0 fully saturated rings. The summed E-state index contributed by atoms with van der Waals surface area (Å²) >= 11 is 0. The van der Waals surface area contributed by atoms with E-state index < -0.39 is 23.8 Å². The summed E-state index contributed by atoms with van der Waals surface area (Å²) < 4.78 is 42.7. The van der Waals surface area contributed by atoms with Gasteiger partial charge in [-0.05, 0) is 30.2 Å². The highest BCUT2D eigenvalue weighted by molar-refractivity contribution is 5.94. The number of hydrogen-bond acceptors (Lipinski definition) is 3. The largest absolute Gasteiger partial charge is 0.453 e. The van der Waals surface area contributed by atoms with E-state index in [0.717, 1.165) is 12.1 Å². The molecular weight excluding hydrogens is 347 g/mol. The van der Waals surface area contributed by atoms with Crippen LogP contribution < -0.4 is 5.32 Å². The van der Waals surface area contributed by atoms with Crippen LogP contribution in [0.5, 0.6) is 0 Å². The maximum Gasteiger partial charge on any atom is 0.416 e. The lowest BCUT2D eigenvalue weighted by Crippen LogP contribution is -2.27. The second-order valence-electron chi connectivity index (χ2n) is 5.98. The number of carbonyl (C=O) groups is 2. The monoisotopic (exact) mass is 363 g/mol. The summed E-state index contributed by atoms with van der Waals surface area (Å²) in [5, 5.41) is 2.70. The van der Waals surface area contributed by atoms with Gasteiger partial charge in [-0.25, -0.2) is 4.79 Å². The zero-order valence-electron chi connectivity index (χ0n) is 13.7. The van der Waals surface area contributed by atoms with Gasteiger partial charge in [-0.2, -0.15) is 13.2 Å². The lowest BCUT2D eigenvalue weighted by atomic mass is 10.0. The first-order valence-electron chi connectivity index (χ1n) is 8.07.